The van der Waals surface area contributed by atoms with Crippen LogP contribution >= 0.6 is 0 Å². The maximum Gasteiger partial charge on any atom is 0.0434 e. The zero-order valence-electron chi connectivity index (χ0n) is 12.4. The second-order valence-corrected chi connectivity index (χ2v) is 5.63. The number of hydrogen-bond acceptors (Lipinski definition) is 2. The summed E-state index contributed by atoms with van der Waals surface area (Å²) in [5.41, 5.74) is 5.73. The Morgan fingerprint density at radius 3 is 1.70 bits per heavy atom. The highest BCUT2D eigenvalue weighted by Crippen LogP contribution is 2.39. The summed E-state index contributed by atoms with van der Waals surface area (Å²) in [6, 6.07) is 0. The molecule has 2 rings (SSSR count). The third-order valence-electron chi connectivity index (χ3n) is 4.29. The van der Waals surface area contributed by atoms with Gasteiger partial charge in [0.15, 0.2) is 0 Å². The van der Waals surface area contributed by atoms with E-state index < -0.39 is 0 Å². The summed E-state index contributed by atoms with van der Waals surface area (Å²) in [5.74, 6) is 0.440. The van der Waals surface area contributed by atoms with Crippen molar-refractivity contribution in [2.75, 3.05) is 13.2 Å². The molecule has 2 aliphatic carbocycles. The SMILES string of the molecule is CC(C1=CCC=C1CCCO)C1=CCC=C1CCCO. The number of aliphatic hydroxyl groups is 2. The summed E-state index contributed by atoms with van der Waals surface area (Å²) in [6.45, 7) is 2.82. The molecule has 110 valence electrons. The van der Waals surface area contributed by atoms with E-state index in [1.807, 2.05) is 0 Å². The smallest absolute Gasteiger partial charge is 0.0434 e. The fourth-order valence-electron chi connectivity index (χ4n) is 3.26. The predicted molar refractivity (Wildman–Crippen MR) is 83.4 cm³/mol. The zero-order chi connectivity index (χ0) is 14.4. The van der Waals surface area contributed by atoms with E-state index in [2.05, 4.69) is 31.2 Å². The first-order valence-corrected chi connectivity index (χ1v) is 7.78. The molecule has 0 bridgehead atoms. The van der Waals surface area contributed by atoms with Gasteiger partial charge in [-0.25, -0.2) is 0 Å². The highest BCUT2D eigenvalue weighted by Gasteiger charge is 2.23. The molecule has 0 heterocycles. The molecule has 0 aliphatic heterocycles. The fourth-order valence-corrected chi connectivity index (χ4v) is 3.26. The lowest BCUT2D eigenvalue weighted by atomic mass is 9.84. The van der Waals surface area contributed by atoms with E-state index in [1.54, 1.807) is 0 Å². The molecule has 0 aromatic rings. The summed E-state index contributed by atoms with van der Waals surface area (Å²) < 4.78 is 0. The lowest BCUT2D eigenvalue weighted by molar-refractivity contribution is 0.288. The normalized spacial score (nSPS) is 18.2. The molecule has 0 spiro atoms. The van der Waals surface area contributed by atoms with E-state index in [1.165, 1.54) is 22.3 Å². The Hall–Kier alpha value is -1.12. The van der Waals surface area contributed by atoms with E-state index in [4.69, 9.17) is 10.2 Å². The largest absolute Gasteiger partial charge is 0.396 e. The van der Waals surface area contributed by atoms with Crippen molar-refractivity contribution in [1.82, 2.24) is 0 Å². The first-order chi connectivity index (χ1) is 9.77. The van der Waals surface area contributed by atoms with Gasteiger partial charge in [-0.1, -0.05) is 31.2 Å². The van der Waals surface area contributed by atoms with Gasteiger partial charge in [-0.15, -0.1) is 0 Å². The van der Waals surface area contributed by atoms with Crippen LogP contribution in [0, 0.1) is 5.92 Å². The average molecular weight is 274 g/mol. The molecule has 0 saturated carbocycles. The molecular formula is C18H26O2. The van der Waals surface area contributed by atoms with E-state index in [0.29, 0.717) is 5.92 Å². The molecule has 0 unspecified atom stereocenters. The molecule has 0 aromatic carbocycles. The molecule has 0 amide bonds. The standard InChI is InChI=1S/C18H26O2/c1-14(17-10-2-6-15(17)8-4-12-19)18-11-3-7-16(18)9-5-13-20/h6-7,10-11,14,19-20H,2-5,8-9,12-13H2,1H3. The Morgan fingerprint density at radius 2 is 1.30 bits per heavy atom. The van der Waals surface area contributed by atoms with E-state index in [0.717, 1.165) is 38.5 Å². The van der Waals surface area contributed by atoms with Gasteiger partial charge in [0.2, 0.25) is 0 Å². The minimum Gasteiger partial charge on any atom is -0.396 e. The zero-order valence-corrected chi connectivity index (χ0v) is 12.4. The molecule has 20 heavy (non-hydrogen) atoms. The van der Waals surface area contributed by atoms with Crippen LogP contribution in [0.3, 0.4) is 0 Å². The Balaban J connectivity index is 2.02. The lowest BCUT2D eigenvalue weighted by Crippen LogP contribution is -2.06. The van der Waals surface area contributed by atoms with Gasteiger partial charge in [-0.3, -0.25) is 0 Å². The molecule has 2 N–H and O–H groups in total. The third kappa shape index (κ3) is 3.50. The Morgan fingerprint density at radius 1 is 0.850 bits per heavy atom. The first-order valence-electron chi connectivity index (χ1n) is 7.78. The molecule has 2 heteroatoms. The second kappa shape index (κ2) is 7.61. The second-order valence-electron chi connectivity index (χ2n) is 5.63. The van der Waals surface area contributed by atoms with E-state index >= 15 is 0 Å². The maximum atomic E-state index is 9.01. The molecule has 0 atom stereocenters. The minimum atomic E-state index is 0.267. The van der Waals surface area contributed by atoms with Crippen molar-refractivity contribution in [2.45, 2.75) is 45.4 Å². The number of allylic oxidation sites excluding steroid dienone is 8. The van der Waals surface area contributed by atoms with Crippen molar-refractivity contribution in [1.29, 1.82) is 0 Å². The summed E-state index contributed by atoms with van der Waals surface area (Å²) in [6.07, 6.45) is 15.0. The van der Waals surface area contributed by atoms with Crippen LogP contribution in [-0.2, 0) is 0 Å². The van der Waals surface area contributed by atoms with Crippen molar-refractivity contribution < 1.29 is 10.2 Å². The van der Waals surface area contributed by atoms with Crippen LogP contribution in [0.15, 0.2) is 46.6 Å². The Labute approximate surface area is 122 Å². The lowest BCUT2D eigenvalue weighted by Gasteiger charge is -2.21. The molecular weight excluding hydrogens is 248 g/mol. The summed E-state index contributed by atoms with van der Waals surface area (Å²) in [7, 11) is 0. The molecule has 0 aromatic heterocycles. The van der Waals surface area contributed by atoms with Crippen LogP contribution in [0.4, 0.5) is 0 Å². The van der Waals surface area contributed by atoms with Crippen LogP contribution in [0.1, 0.15) is 45.4 Å². The van der Waals surface area contributed by atoms with Gasteiger partial charge in [-0.05, 0) is 60.8 Å². The molecule has 0 fully saturated rings. The van der Waals surface area contributed by atoms with E-state index in [-0.39, 0.29) is 13.2 Å². The van der Waals surface area contributed by atoms with Crippen molar-refractivity contribution >= 4 is 0 Å². The van der Waals surface area contributed by atoms with Gasteiger partial charge in [0.25, 0.3) is 0 Å². The monoisotopic (exact) mass is 274 g/mol. The number of aliphatic hydroxyl groups excluding tert-OH is 2. The quantitative estimate of drug-likeness (QED) is 0.709. The molecule has 0 saturated heterocycles. The van der Waals surface area contributed by atoms with Crippen molar-refractivity contribution in [3.63, 3.8) is 0 Å². The average Bonchev–Trinajstić information content (AvgIpc) is 3.10. The molecule has 2 aliphatic rings. The summed E-state index contributed by atoms with van der Waals surface area (Å²) in [4.78, 5) is 0. The van der Waals surface area contributed by atoms with Crippen LogP contribution in [0.5, 0.6) is 0 Å². The van der Waals surface area contributed by atoms with E-state index in [9.17, 15) is 0 Å². The molecule has 0 radical (unpaired) electrons. The Bertz CT molecular complexity index is 410. The van der Waals surface area contributed by atoms with Crippen molar-refractivity contribution in [3.05, 3.63) is 46.6 Å². The van der Waals surface area contributed by atoms with Gasteiger partial charge in [0.05, 0.1) is 0 Å². The topological polar surface area (TPSA) is 40.5 Å². The van der Waals surface area contributed by atoms with Crippen LogP contribution in [-0.4, -0.2) is 23.4 Å². The third-order valence-corrected chi connectivity index (χ3v) is 4.29. The highest BCUT2D eigenvalue weighted by molar-refractivity contribution is 5.49. The highest BCUT2D eigenvalue weighted by atomic mass is 16.3. The maximum absolute atomic E-state index is 9.01. The number of hydrogen-bond donors (Lipinski definition) is 2. The first kappa shape index (κ1) is 15.3. The Kier molecular flexibility index (Phi) is 5.81. The molecule has 2 nitrogen and oxygen atoms in total. The number of rotatable bonds is 8. The van der Waals surface area contributed by atoms with Gasteiger partial charge in [0, 0.05) is 19.1 Å². The van der Waals surface area contributed by atoms with Crippen LogP contribution < -0.4 is 0 Å². The van der Waals surface area contributed by atoms with Gasteiger partial charge < -0.3 is 10.2 Å². The summed E-state index contributed by atoms with van der Waals surface area (Å²) in [5, 5.41) is 18.0. The van der Waals surface area contributed by atoms with Crippen LogP contribution in [0.25, 0.3) is 0 Å². The predicted octanol–water partition coefficient (Wildman–Crippen LogP) is 3.68. The fraction of sp³-hybridized carbons (Fsp3) is 0.556. The van der Waals surface area contributed by atoms with Crippen LogP contribution in [0.2, 0.25) is 0 Å². The van der Waals surface area contributed by atoms with Crippen molar-refractivity contribution in [2.24, 2.45) is 5.92 Å². The minimum absolute atomic E-state index is 0.267. The van der Waals surface area contributed by atoms with Gasteiger partial charge in [-0.2, -0.15) is 0 Å². The van der Waals surface area contributed by atoms with Gasteiger partial charge in [0.1, 0.15) is 0 Å². The van der Waals surface area contributed by atoms with Crippen molar-refractivity contribution in [3.8, 4) is 0 Å². The van der Waals surface area contributed by atoms with Gasteiger partial charge >= 0.3 is 0 Å². The summed E-state index contributed by atoms with van der Waals surface area (Å²) >= 11 is 0.